The Labute approximate surface area is 135 Å². The van der Waals surface area contributed by atoms with Crippen LogP contribution >= 0.6 is 23.1 Å². The molecule has 0 aromatic carbocycles. The smallest absolute Gasteiger partial charge is 0.212 e. The summed E-state index contributed by atoms with van der Waals surface area (Å²) < 4.78 is 5.67. The van der Waals surface area contributed by atoms with Crippen LogP contribution in [0.1, 0.15) is 5.76 Å². The van der Waals surface area contributed by atoms with E-state index in [1.165, 1.54) is 23.1 Å². The van der Waals surface area contributed by atoms with E-state index in [2.05, 4.69) is 20.3 Å². The molecule has 0 radical (unpaired) electrons. The van der Waals surface area contributed by atoms with Crippen LogP contribution in [0.25, 0.3) is 11.5 Å². The van der Waals surface area contributed by atoms with Gasteiger partial charge in [-0.05, 0) is 18.4 Å². The van der Waals surface area contributed by atoms with Gasteiger partial charge in [0.25, 0.3) is 0 Å². The molecule has 2 heterocycles. The third kappa shape index (κ3) is 4.24. The van der Waals surface area contributed by atoms with Gasteiger partial charge in [-0.15, -0.1) is 11.3 Å². The molecule has 2 rings (SSSR count). The highest BCUT2D eigenvalue weighted by Gasteiger charge is 2.09. The zero-order valence-corrected chi connectivity index (χ0v) is 13.2. The molecule has 0 atom stereocenters. The number of guanidine groups is 1. The molecule has 0 aliphatic heterocycles. The molecule has 2 aromatic heterocycles. The molecule has 0 saturated carbocycles. The number of nitrogens with zero attached hydrogens (tertiary/aromatic N) is 4. The number of nitrogens with two attached hydrogens (primary N) is 2. The van der Waals surface area contributed by atoms with Crippen LogP contribution in [0.5, 0.6) is 0 Å². The molecule has 0 fully saturated rings. The van der Waals surface area contributed by atoms with Crippen LogP contribution in [0.3, 0.4) is 0 Å². The van der Waals surface area contributed by atoms with Crippen molar-refractivity contribution in [2.24, 2.45) is 21.5 Å². The Morgan fingerprint density at radius 3 is 3.05 bits per heavy atom. The number of thioether (sulfide) groups is 1. The summed E-state index contributed by atoms with van der Waals surface area (Å²) in [5, 5.41) is 13.9. The maximum Gasteiger partial charge on any atom is 0.212 e. The van der Waals surface area contributed by atoms with Crippen LogP contribution in [-0.4, -0.2) is 22.4 Å². The average Bonchev–Trinajstić information content (AvgIpc) is 3.11. The molecule has 0 bridgehead atoms. The minimum atomic E-state index is -0.0371. The number of aromatic nitrogens is 1. The molecule has 2 aromatic rings. The lowest BCUT2D eigenvalue weighted by atomic mass is 10.3. The van der Waals surface area contributed by atoms with E-state index in [1.54, 1.807) is 11.4 Å². The number of nitriles is 1. The molecular weight excluding hydrogens is 322 g/mol. The molecule has 10 heteroatoms. The van der Waals surface area contributed by atoms with E-state index in [9.17, 15) is 0 Å². The molecular formula is C12H13N7OS2. The van der Waals surface area contributed by atoms with E-state index in [1.807, 2.05) is 18.5 Å². The standard InChI is InChI=1S/C12H13N7OS2/c1-21-11(17-6-13)16-4-7-2-3-9(20-7)8-5-22-12(18-8)19-10(14)15/h2-3,5H,4H2,1H3,(H,16,17)(H4,14,15,18,19). The van der Waals surface area contributed by atoms with Crippen molar-refractivity contribution in [1.29, 1.82) is 5.26 Å². The van der Waals surface area contributed by atoms with Crippen LogP contribution in [-0.2, 0) is 6.54 Å². The van der Waals surface area contributed by atoms with E-state index in [0.29, 0.717) is 34.1 Å². The first-order chi connectivity index (χ1) is 10.6. The second-order valence-corrected chi connectivity index (χ2v) is 5.51. The number of amidine groups is 1. The van der Waals surface area contributed by atoms with Gasteiger partial charge < -0.3 is 15.9 Å². The second kappa shape index (κ2) is 7.48. The fourth-order valence-corrected chi connectivity index (χ4v) is 2.53. The topological polar surface area (TPSA) is 139 Å². The van der Waals surface area contributed by atoms with Crippen LogP contribution < -0.4 is 16.8 Å². The fraction of sp³-hybridized carbons (Fsp3) is 0.167. The van der Waals surface area contributed by atoms with Crippen molar-refractivity contribution in [2.75, 3.05) is 6.26 Å². The third-order valence-electron chi connectivity index (χ3n) is 2.37. The van der Waals surface area contributed by atoms with Gasteiger partial charge in [0.05, 0.1) is 6.54 Å². The summed E-state index contributed by atoms with van der Waals surface area (Å²) in [4.78, 5) is 12.4. The van der Waals surface area contributed by atoms with Gasteiger partial charge >= 0.3 is 0 Å². The van der Waals surface area contributed by atoms with E-state index in [4.69, 9.17) is 21.1 Å². The van der Waals surface area contributed by atoms with Crippen LogP contribution in [0.2, 0.25) is 0 Å². The molecule has 114 valence electrons. The Morgan fingerprint density at radius 2 is 2.36 bits per heavy atom. The van der Waals surface area contributed by atoms with Crippen molar-refractivity contribution in [1.82, 2.24) is 10.3 Å². The number of nitrogens with one attached hydrogen (secondary N) is 1. The highest BCUT2D eigenvalue weighted by Crippen LogP contribution is 2.28. The largest absolute Gasteiger partial charge is 0.457 e. The minimum Gasteiger partial charge on any atom is -0.457 e. The van der Waals surface area contributed by atoms with Gasteiger partial charge in [0.1, 0.15) is 11.5 Å². The lowest BCUT2D eigenvalue weighted by molar-refractivity contribution is 0.524. The van der Waals surface area contributed by atoms with Gasteiger partial charge in [0.2, 0.25) is 5.13 Å². The molecule has 0 spiro atoms. The zero-order chi connectivity index (χ0) is 15.9. The number of aliphatic imine (C=N–C) groups is 2. The molecule has 5 N–H and O–H groups in total. The predicted molar refractivity (Wildman–Crippen MR) is 88.7 cm³/mol. The molecule has 8 nitrogen and oxygen atoms in total. The van der Waals surface area contributed by atoms with Gasteiger partial charge in [-0.25, -0.2) is 4.98 Å². The van der Waals surface area contributed by atoms with E-state index in [0.717, 1.165) is 0 Å². The van der Waals surface area contributed by atoms with E-state index >= 15 is 0 Å². The van der Waals surface area contributed by atoms with Crippen molar-refractivity contribution >= 4 is 39.4 Å². The normalized spacial score (nSPS) is 11.0. The summed E-state index contributed by atoms with van der Waals surface area (Å²) in [6, 6.07) is 3.61. The van der Waals surface area contributed by atoms with Gasteiger partial charge in [0.15, 0.2) is 23.1 Å². The van der Waals surface area contributed by atoms with Crippen LogP contribution in [0.15, 0.2) is 31.9 Å². The maximum atomic E-state index is 8.57. The van der Waals surface area contributed by atoms with Gasteiger partial charge in [-0.1, -0.05) is 11.8 Å². The summed E-state index contributed by atoms with van der Waals surface area (Å²) in [7, 11) is 0. The fourth-order valence-electron chi connectivity index (χ4n) is 1.49. The highest BCUT2D eigenvalue weighted by molar-refractivity contribution is 8.13. The quantitative estimate of drug-likeness (QED) is 0.334. The van der Waals surface area contributed by atoms with Crippen molar-refractivity contribution < 1.29 is 4.42 Å². The first kappa shape index (κ1) is 15.9. The molecule has 0 unspecified atom stereocenters. The number of hydrogen-bond acceptors (Lipinski definition) is 7. The molecule has 22 heavy (non-hydrogen) atoms. The SMILES string of the molecule is CSC(=NCc1ccc(-c2csc(N=C(N)N)n2)o1)NC#N. The number of furan rings is 1. The number of rotatable bonds is 4. The van der Waals surface area contributed by atoms with E-state index in [-0.39, 0.29) is 5.96 Å². The minimum absolute atomic E-state index is 0.0371. The Bertz CT molecular complexity index is 737. The molecule has 0 aliphatic rings. The van der Waals surface area contributed by atoms with Gasteiger partial charge in [0, 0.05) is 5.38 Å². The van der Waals surface area contributed by atoms with Crippen molar-refractivity contribution in [2.45, 2.75) is 6.54 Å². The monoisotopic (exact) mass is 335 g/mol. The Morgan fingerprint density at radius 1 is 1.55 bits per heavy atom. The second-order valence-electron chi connectivity index (χ2n) is 3.88. The number of hydrogen-bond donors (Lipinski definition) is 3. The molecule has 0 aliphatic carbocycles. The van der Waals surface area contributed by atoms with Crippen LogP contribution in [0.4, 0.5) is 5.13 Å². The average molecular weight is 335 g/mol. The van der Waals surface area contributed by atoms with Crippen LogP contribution in [0, 0.1) is 11.5 Å². The van der Waals surface area contributed by atoms with Gasteiger partial charge in [-0.3, -0.25) is 10.3 Å². The van der Waals surface area contributed by atoms with E-state index < -0.39 is 0 Å². The Hall–Kier alpha value is -2.51. The summed E-state index contributed by atoms with van der Waals surface area (Å²) in [6.45, 7) is 0.329. The lowest BCUT2D eigenvalue weighted by Crippen LogP contribution is -2.21. The van der Waals surface area contributed by atoms with Crippen molar-refractivity contribution in [3.63, 3.8) is 0 Å². The summed E-state index contributed by atoms with van der Waals surface area (Å²) in [6.07, 6.45) is 3.66. The Balaban J connectivity index is 2.10. The zero-order valence-electron chi connectivity index (χ0n) is 11.6. The summed E-state index contributed by atoms with van der Waals surface area (Å²) in [5.74, 6) is 1.24. The Kier molecular flexibility index (Phi) is 5.40. The highest BCUT2D eigenvalue weighted by atomic mass is 32.2. The van der Waals surface area contributed by atoms with Crippen molar-refractivity contribution in [3.05, 3.63) is 23.3 Å². The maximum absolute atomic E-state index is 8.57. The summed E-state index contributed by atoms with van der Waals surface area (Å²) >= 11 is 2.67. The third-order valence-corrected chi connectivity index (χ3v) is 3.72. The summed E-state index contributed by atoms with van der Waals surface area (Å²) in [5.41, 5.74) is 11.3. The number of thiazole rings is 1. The van der Waals surface area contributed by atoms with Gasteiger partial charge in [-0.2, -0.15) is 10.3 Å². The first-order valence-electron chi connectivity index (χ1n) is 6.00. The first-order valence-corrected chi connectivity index (χ1v) is 8.10. The molecule has 0 saturated heterocycles. The lowest BCUT2D eigenvalue weighted by Gasteiger charge is -1.97. The predicted octanol–water partition coefficient (Wildman–Crippen LogP) is 1.60. The van der Waals surface area contributed by atoms with Crippen molar-refractivity contribution in [3.8, 4) is 17.6 Å². The molecule has 0 amide bonds.